The van der Waals surface area contributed by atoms with Crippen LogP contribution in [0.5, 0.6) is 0 Å². The van der Waals surface area contributed by atoms with Crippen LogP contribution in [0.2, 0.25) is 0 Å². The minimum absolute atomic E-state index is 0.135. The molecular formula is C5H9F2O2. The molecule has 2 nitrogen and oxygen atoms in total. The van der Waals surface area contributed by atoms with Gasteiger partial charge in [-0.2, -0.15) is 0 Å². The summed E-state index contributed by atoms with van der Waals surface area (Å²) in [6, 6.07) is 0. The fourth-order valence-corrected chi connectivity index (χ4v) is 0.293. The van der Waals surface area contributed by atoms with Crippen LogP contribution in [0.25, 0.3) is 0 Å². The molecule has 0 spiro atoms. The van der Waals surface area contributed by atoms with Crippen LogP contribution in [-0.4, -0.2) is 30.8 Å². The maximum atomic E-state index is 11.3. The van der Waals surface area contributed by atoms with Gasteiger partial charge in [-0.15, -0.1) is 0 Å². The number of aliphatic hydroxyl groups excluding tert-OH is 1. The Balaban J connectivity index is 2.91. The summed E-state index contributed by atoms with van der Waals surface area (Å²) in [7, 11) is 0. The maximum Gasteiger partial charge on any atom is 0.261 e. The molecule has 0 amide bonds. The predicted octanol–water partition coefficient (Wildman–Crippen LogP) is 0.463. The molecule has 0 saturated carbocycles. The predicted molar refractivity (Wildman–Crippen MR) is 28.2 cm³/mol. The van der Waals surface area contributed by atoms with E-state index in [1.807, 2.05) is 0 Å². The van der Waals surface area contributed by atoms with Gasteiger partial charge >= 0.3 is 0 Å². The fourth-order valence-electron chi connectivity index (χ4n) is 0.293. The number of hydrogen-bond donors (Lipinski definition) is 1. The second-order valence-electron chi connectivity index (χ2n) is 1.58. The largest absolute Gasteiger partial charge is 0.391 e. The highest BCUT2D eigenvalue weighted by atomic mass is 19.3. The first-order valence-electron chi connectivity index (χ1n) is 2.50. The monoisotopic (exact) mass is 139 g/mol. The summed E-state index contributed by atoms with van der Waals surface area (Å²) in [4.78, 5) is 0. The molecule has 0 aromatic carbocycles. The summed E-state index contributed by atoms with van der Waals surface area (Å²) in [5.74, 6) is 0. The molecule has 0 aliphatic rings. The minimum atomic E-state index is -2.47. The van der Waals surface area contributed by atoms with Gasteiger partial charge in [0.2, 0.25) is 0 Å². The molecule has 0 aliphatic carbocycles. The van der Waals surface area contributed by atoms with Crippen molar-refractivity contribution >= 4 is 0 Å². The van der Waals surface area contributed by atoms with Gasteiger partial charge in [0.1, 0.15) is 6.61 Å². The Morgan fingerprint density at radius 2 is 2.00 bits per heavy atom. The van der Waals surface area contributed by atoms with Gasteiger partial charge in [-0.1, -0.05) is 0 Å². The van der Waals surface area contributed by atoms with Gasteiger partial charge in [0, 0.05) is 0 Å². The van der Waals surface area contributed by atoms with E-state index >= 15 is 0 Å². The lowest BCUT2D eigenvalue weighted by atomic mass is 10.4. The molecule has 0 rings (SSSR count). The van der Waals surface area contributed by atoms with Crippen molar-refractivity contribution in [2.24, 2.45) is 0 Å². The van der Waals surface area contributed by atoms with Gasteiger partial charge in [-0.05, 0) is 6.92 Å². The topological polar surface area (TPSA) is 29.5 Å². The van der Waals surface area contributed by atoms with E-state index in [2.05, 4.69) is 11.7 Å². The van der Waals surface area contributed by atoms with Crippen LogP contribution in [0.1, 0.15) is 0 Å². The number of ether oxygens (including phenoxy) is 1. The Morgan fingerprint density at radius 3 is 2.33 bits per heavy atom. The van der Waals surface area contributed by atoms with Crippen LogP contribution in [0.15, 0.2) is 0 Å². The Hall–Kier alpha value is -0.220. The Bertz CT molecular complexity index is 58.0. The first kappa shape index (κ1) is 8.78. The van der Waals surface area contributed by atoms with Gasteiger partial charge in [-0.25, -0.2) is 8.78 Å². The zero-order valence-corrected chi connectivity index (χ0v) is 4.89. The lowest BCUT2D eigenvalue weighted by molar-refractivity contribution is -0.00939. The third kappa shape index (κ3) is 7.78. The molecule has 55 valence electrons. The van der Waals surface area contributed by atoms with Crippen molar-refractivity contribution in [2.75, 3.05) is 13.2 Å². The molecule has 0 fully saturated rings. The van der Waals surface area contributed by atoms with Crippen molar-refractivity contribution in [1.29, 1.82) is 0 Å². The first-order chi connectivity index (χ1) is 4.13. The normalized spacial score (nSPS) is 14.3. The summed E-state index contributed by atoms with van der Waals surface area (Å²) in [6.07, 6.45) is -3.38. The van der Waals surface area contributed by atoms with Crippen LogP contribution < -0.4 is 0 Å². The van der Waals surface area contributed by atoms with Gasteiger partial charge in [-0.3, -0.25) is 0 Å². The molecule has 0 aromatic rings. The highest BCUT2D eigenvalue weighted by Crippen LogP contribution is 1.92. The summed E-state index contributed by atoms with van der Waals surface area (Å²) >= 11 is 0. The van der Waals surface area contributed by atoms with Gasteiger partial charge in [0.05, 0.1) is 12.7 Å². The SMILES string of the molecule is [CH2]C(O)COCC(F)F. The quantitative estimate of drug-likeness (QED) is 0.613. The zero-order valence-electron chi connectivity index (χ0n) is 4.89. The van der Waals surface area contributed by atoms with E-state index in [4.69, 9.17) is 5.11 Å². The van der Waals surface area contributed by atoms with E-state index < -0.39 is 19.1 Å². The van der Waals surface area contributed by atoms with Crippen LogP contribution in [0, 0.1) is 6.92 Å². The van der Waals surface area contributed by atoms with E-state index in [-0.39, 0.29) is 6.61 Å². The van der Waals surface area contributed by atoms with Gasteiger partial charge < -0.3 is 9.84 Å². The number of halogens is 2. The van der Waals surface area contributed by atoms with Crippen molar-refractivity contribution in [3.8, 4) is 0 Å². The van der Waals surface area contributed by atoms with Gasteiger partial charge in [0.25, 0.3) is 6.43 Å². The van der Waals surface area contributed by atoms with E-state index in [1.165, 1.54) is 0 Å². The molecule has 1 atom stereocenters. The second kappa shape index (κ2) is 4.64. The molecule has 0 aromatic heterocycles. The Kier molecular flexibility index (Phi) is 4.53. The molecule has 9 heavy (non-hydrogen) atoms. The molecule has 1 unspecified atom stereocenters. The highest BCUT2D eigenvalue weighted by Gasteiger charge is 2.02. The van der Waals surface area contributed by atoms with Crippen molar-refractivity contribution in [3.05, 3.63) is 6.92 Å². The number of alkyl halides is 2. The highest BCUT2D eigenvalue weighted by molar-refractivity contribution is 4.53. The number of hydrogen-bond acceptors (Lipinski definition) is 2. The molecule has 1 radical (unpaired) electrons. The molecular weight excluding hydrogens is 130 g/mol. The van der Waals surface area contributed by atoms with E-state index in [1.54, 1.807) is 0 Å². The molecule has 4 heteroatoms. The smallest absolute Gasteiger partial charge is 0.261 e. The van der Waals surface area contributed by atoms with E-state index in [0.717, 1.165) is 0 Å². The molecule has 0 saturated heterocycles. The number of rotatable bonds is 4. The Morgan fingerprint density at radius 1 is 1.44 bits per heavy atom. The van der Waals surface area contributed by atoms with Crippen molar-refractivity contribution < 1.29 is 18.6 Å². The minimum Gasteiger partial charge on any atom is -0.391 e. The van der Waals surface area contributed by atoms with Crippen LogP contribution in [0.4, 0.5) is 8.78 Å². The molecule has 1 N–H and O–H groups in total. The standard InChI is InChI=1S/C5H9F2O2/c1-4(8)2-9-3-5(6)7/h4-5,8H,1-3H2. The third-order valence-electron chi connectivity index (χ3n) is 0.554. The first-order valence-corrected chi connectivity index (χ1v) is 2.50. The zero-order chi connectivity index (χ0) is 7.28. The average molecular weight is 139 g/mol. The average Bonchev–Trinajstić information content (AvgIpc) is 1.63. The summed E-state index contributed by atoms with van der Waals surface area (Å²) in [6.45, 7) is 2.35. The van der Waals surface area contributed by atoms with Crippen LogP contribution in [-0.2, 0) is 4.74 Å². The van der Waals surface area contributed by atoms with Crippen molar-refractivity contribution in [1.82, 2.24) is 0 Å². The van der Waals surface area contributed by atoms with E-state index in [0.29, 0.717) is 0 Å². The van der Waals surface area contributed by atoms with Crippen molar-refractivity contribution in [2.45, 2.75) is 12.5 Å². The molecule has 0 heterocycles. The number of aliphatic hydroxyl groups is 1. The van der Waals surface area contributed by atoms with E-state index in [9.17, 15) is 8.78 Å². The summed E-state index contributed by atoms with van der Waals surface area (Å²) in [5.41, 5.74) is 0. The van der Waals surface area contributed by atoms with Gasteiger partial charge in [0.15, 0.2) is 0 Å². The fraction of sp³-hybridized carbons (Fsp3) is 0.800. The van der Waals surface area contributed by atoms with Crippen molar-refractivity contribution in [3.63, 3.8) is 0 Å². The van der Waals surface area contributed by atoms with Crippen LogP contribution >= 0.6 is 0 Å². The third-order valence-corrected chi connectivity index (χ3v) is 0.554. The molecule has 0 bridgehead atoms. The molecule has 0 aliphatic heterocycles. The summed E-state index contributed by atoms with van der Waals surface area (Å²) in [5, 5.41) is 8.38. The Labute approximate surface area is 52.4 Å². The lowest BCUT2D eigenvalue weighted by Crippen LogP contribution is -2.14. The summed E-state index contributed by atoms with van der Waals surface area (Å²) < 4.78 is 26.8. The van der Waals surface area contributed by atoms with Crippen LogP contribution in [0.3, 0.4) is 0 Å². The maximum absolute atomic E-state index is 11.3. The lowest BCUT2D eigenvalue weighted by Gasteiger charge is -2.03. The second-order valence-corrected chi connectivity index (χ2v) is 1.58.